The molecule has 9 heteroatoms. The van der Waals surface area contributed by atoms with Gasteiger partial charge in [-0.1, -0.05) is 12.1 Å². The van der Waals surface area contributed by atoms with Crippen molar-refractivity contribution in [1.82, 2.24) is 4.90 Å². The highest BCUT2D eigenvalue weighted by Gasteiger charge is 2.20. The summed E-state index contributed by atoms with van der Waals surface area (Å²) in [6, 6.07) is 11.0. The van der Waals surface area contributed by atoms with E-state index in [-0.39, 0.29) is 5.76 Å². The number of rotatable bonds is 7. The lowest BCUT2D eigenvalue weighted by Gasteiger charge is -2.16. The molecule has 0 aliphatic heterocycles. The molecule has 3 rings (SSSR count). The van der Waals surface area contributed by atoms with Crippen molar-refractivity contribution in [2.75, 3.05) is 25.5 Å². The number of amides is 1. The minimum Gasteiger partial charge on any atom is -0.423 e. The second-order valence-corrected chi connectivity index (χ2v) is 5.88. The Morgan fingerprint density at radius 2 is 2.00 bits per heavy atom. The molecule has 3 aromatic rings. The maximum atomic E-state index is 12.2. The van der Waals surface area contributed by atoms with E-state index >= 15 is 0 Å². The Balaban J connectivity index is 1.56. The standard InChI is InChI=1S/C18H17N3O6/c1-20(18(23)15-7-8-16(26-15)21(24)25)10-4-9-19-13-11-17(22)27-14-6-3-2-5-12(13)14/h2-3,5-8,11,19H,4,9-10H2,1H3. The minimum atomic E-state index is -0.693. The number of nitrogens with one attached hydrogen (secondary N) is 1. The van der Waals surface area contributed by atoms with Crippen molar-refractivity contribution in [1.29, 1.82) is 0 Å². The molecular weight excluding hydrogens is 354 g/mol. The van der Waals surface area contributed by atoms with Crippen molar-refractivity contribution in [3.8, 4) is 0 Å². The van der Waals surface area contributed by atoms with Crippen LogP contribution in [0.2, 0.25) is 0 Å². The molecule has 0 aliphatic rings. The molecule has 0 aliphatic carbocycles. The van der Waals surface area contributed by atoms with E-state index in [4.69, 9.17) is 8.83 Å². The summed E-state index contributed by atoms with van der Waals surface area (Å²) in [5.74, 6) is -0.985. The Morgan fingerprint density at radius 3 is 2.74 bits per heavy atom. The first-order valence-electron chi connectivity index (χ1n) is 8.22. The van der Waals surface area contributed by atoms with Gasteiger partial charge in [0.15, 0.2) is 5.76 Å². The molecule has 0 bridgehead atoms. The molecule has 1 N–H and O–H groups in total. The zero-order valence-electron chi connectivity index (χ0n) is 14.5. The number of hydrogen-bond acceptors (Lipinski definition) is 7. The molecule has 0 saturated carbocycles. The summed E-state index contributed by atoms with van der Waals surface area (Å²) in [6.07, 6.45) is 0.597. The molecule has 140 valence electrons. The smallest absolute Gasteiger partial charge is 0.423 e. The molecule has 0 spiro atoms. The maximum Gasteiger partial charge on any atom is 0.433 e. The van der Waals surface area contributed by atoms with Gasteiger partial charge in [-0.3, -0.25) is 14.9 Å². The van der Waals surface area contributed by atoms with Crippen LogP contribution in [0, 0.1) is 10.1 Å². The van der Waals surface area contributed by atoms with Gasteiger partial charge in [0.25, 0.3) is 5.91 Å². The van der Waals surface area contributed by atoms with E-state index in [2.05, 4.69) is 5.32 Å². The Labute approximate surface area is 153 Å². The number of para-hydroxylation sites is 1. The number of nitrogens with zero attached hydrogens (tertiary/aromatic N) is 2. The van der Waals surface area contributed by atoms with Crippen LogP contribution in [0.3, 0.4) is 0 Å². The fourth-order valence-electron chi connectivity index (χ4n) is 2.63. The quantitative estimate of drug-likeness (QED) is 0.293. The van der Waals surface area contributed by atoms with Crippen molar-refractivity contribution in [2.45, 2.75) is 6.42 Å². The first kappa shape index (κ1) is 18.2. The number of carbonyl (C=O) groups is 1. The van der Waals surface area contributed by atoms with Crippen molar-refractivity contribution in [3.63, 3.8) is 0 Å². The molecular formula is C18H17N3O6. The summed E-state index contributed by atoms with van der Waals surface area (Å²) in [5, 5.41) is 14.6. The Morgan fingerprint density at radius 1 is 1.22 bits per heavy atom. The van der Waals surface area contributed by atoms with Gasteiger partial charge in [0.05, 0.1) is 11.8 Å². The normalized spacial score (nSPS) is 10.7. The van der Waals surface area contributed by atoms with Gasteiger partial charge < -0.3 is 19.1 Å². The molecule has 1 aromatic carbocycles. The Kier molecular flexibility index (Phi) is 5.20. The van der Waals surface area contributed by atoms with Crippen molar-refractivity contribution < 1.29 is 18.6 Å². The van der Waals surface area contributed by atoms with Gasteiger partial charge in [-0.25, -0.2) is 4.79 Å². The average Bonchev–Trinajstić information content (AvgIpc) is 3.14. The minimum absolute atomic E-state index is 0.0798. The third-order valence-corrected chi connectivity index (χ3v) is 3.96. The summed E-state index contributed by atoms with van der Waals surface area (Å²) < 4.78 is 10.1. The monoisotopic (exact) mass is 371 g/mol. The van der Waals surface area contributed by atoms with Crippen molar-refractivity contribution in [3.05, 3.63) is 68.8 Å². The van der Waals surface area contributed by atoms with Gasteiger partial charge in [-0.2, -0.15) is 0 Å². The van der Waals surface area contributed by atoms with E-state index in [1.807, 2.05) is 12.1 Å². The number of anilines is 1. The predicted octanol–water partition coefficient (Wildman–Crippen LogP) is 2.87. The van der Waals surface area contributed by atoms with Crippen LogP contribution in [0.15, 0.2) is 56.1 Å². The molecule has 0 unspecified atom stereocenters. The number of carbonyl (C=O) groups excluding carboxylic acids is 1. The van der Waals surface area contributed by atoms with Crippen LogP contribution >= 0.6 is 0 Å². The first-order chi connectivity index (χ1) is 13.0. The number of hydrogen-bond donors (Lipinski definition) is 1. The second kappa shape index (κ2) is 7.73. The van der Waals surface area contributed by atoms with Crippen molar-refractivity contribution in [2.24, 2.45) is 0 Å². The lowest BCUT2D eigenvalue weighted by atomic mass is 10.2. The third kappa shape index (κ3) is 4.14. The molecule has 0 fully saturated rings. The number of fused-ring (bicyclic) bond motifs is 1. The van der Waals surface area contributed by atoms with Crippen LogP contribution in [-0.2, 0) is 0 Å². The van der Waals surface area contributed by atoms with Crippen LogP contribution in [0.4, 0.5) is 11.6 Å². The summed E-state index contributed by atoms with van der Waals surface area (Å²) in [4.78, 5) is 35.2. The summed E-state index contributed by atoms with van der Waals surface area (Å²) in [6.45, 7) is 0.920. The highest BCUT2D eigenvalue weighted by molar-refractivity contribution is 5.91. The van der Waals surface area contributed by atoms with E-state index in [1.165, 1.54) is 17.0 Å². The molecule has 0 atom stereocenters. The van der Waals surface area contributed by atoms with Crippen LogP contribution in [0.25, 0.3) is 11.0 Å². The summed E-state index contributed by atoms with van der Waals surface area (Å²) >= 11 is 0. The zero-order chi connectivity index (χ0) is 19.4. The van der Waals surface area contributed by atoms with E-state index in [1.54, 1.807) is 19.2 Å². The SMILES string of the molecule is CN(CCCNc1cc(=O)oc2ccccc12)C(=O)c1ccc([N+](=O)[O-])o1. The molecule has 2 aromatic heterocycles. The first-order valence-corrected chi connectivity index (χ1v) is 8.22. The Bertz CT molecular complexity index is 1040. The zero-order valence-corrected chi connectivity index (χ0v) is 14.5. The van der Waals surface area contributed by atoms with Crippen LogP contribution < -0.4 is 10.9 Å². The lowest BCUT2D eigenvalue weighted by molar-refractivity contribution is -0.402. The average molecular weight is 371 g/mol. The number of furan rings is 1. The summed E-state index contributed by atoms with van der Waals surface area (Å²) in [5.41, 5.74) is 0.722. The van der Waals surface area contributed by atoms with E-state index in [0.29, 0.717) is 30.8 Å². The lowest BCUT2D eigenvalue weighted by Crippen LogP contribution is -2.28. The molecule has 0 radical (unpaired) electrons. The fraction of sp³-hybridized carbons (Fsp3) is 0.222. The van der Waals surface area contributed by atoms with Gasteiger partial charge in [-0.05, 0) is 24.6 Å². The van der Waals surface area contributed by atoms with Crippen molar-refractivity contribution >= 4 is 28.4 Å². The highest BCUT2D eigenvalue weighted by Crippen LogP contribution is 2.21. The van der Waals surface area contributed by atoms with Gasteiger partial charge in [0.1, 0.15) is 10.5 Å². The fourth-order valence-corrected chi connectivity index (χ4v) is 2.63. The van der Waals surface area contributed by atoms with E-state index < -0.39 is 22.3 Å². The van der Waals surface area contributed by atoms with E-state index in [0.717, 1.165) is 11.5 Å². The molecule has 9 nitrogen and oxygen atoms in total. The van der Waals surface area contributed by atoms with Crippen LogP contribution in [0.5, 0.6) is 0 Å². The molecule has 27 heavy (non-hydrogen) atoms. The third-order valence-electron chi connectivity index (χ3n) is 3.96. The predicted molar refractivity (Wildman–Crippen MR) is 97.9 cm³/mol. The molecule has 1 amide bonds. The van der Waals surface area contributed by atoms with Gasteiger partial charge in [-0.15, -0.1) is 0 Å². The van der Waals surface area contributed by atoms with E-state index in [9.17, 15) is 19.7 Å². The number of nitro groups is 1. The highest BCUT2D eigenvalue weighted by atomic mass is 16.6. The number of benzene rings is 1. The summed E-state index contributed by atoms with van der Waals surface area (Å²) in [7, 11) is 1.59. The molecule has 0 saturated heterocycles. The Hall–Kier alpha value is -3.62. The largest absolute Gasteiger partial charge is 0.433 e. The van der Waals surface area contributed by atoms with Gasteiger partial charge >= 0.3 is 11.5 Å². The molecule has 2 heterocycles. The van der Waals surface area contributed by atoms with Gasteiger partial charge in [0, 0.05) is 31.6 Å². The topological polar surface area (TPSA) is 119 Å². The maximum absolute atomic E-state index is 12.2. The second-order valence-electron chi connectivity index (χ2n) is 5.88. The van der Waals surface area contributed by atoms with Gasteiger partial charge in [0.2, 0.25) is 0 Å². The van der Waals surface area contributed by atoms with Crippen LogP contribution in [-0.4, -0.2) is 35.9 Å². The van der Waals surface area contributed by atoms with Crippen LogP contribution in [0.1, 0.15) is 17.0 Å².